The van der Waals surface area contributed by atoms with Crippen LogP contribution in [0.2, 0.25) is 0 Å². The molecule has 3 heterocycles. The Labute approximate surface area is 149 Å². The summed E-state index contributed by atoms with van der Waals surface area (Å²) in [5.41, 5.74) is 0.524. The molecule has 0 aliphatic carbocycles. The number of nitrogens with one attached hydrogen (secondary N) is 1. The van der Waals surface area contributed by atoms with Crippen molar-refractivity contribution in [2.75, 3.05) is 19.6 Å². The number of imide groups is 1. The van der Waals surface area contributed by atoms with Crippen molar-refractivity contribution in [3.63, 3.8) is 0 Å². The van der Waals surface area contributed by atoms with Gasteiger partial charge in [-0.25, -0.2) is 5.01 Å². The van der Waals surface area contributed by atoms with E-state index in [-0.39, 0.29) is 17.5 Å². The first-order valence-electron chi connectivity index (χ1n) is 8.50. The number of amides is 3. The zero-order valence-electron chi connectivity index (χ0n) is 13.9. The molecule has 26 heavy (non-hydrogen) atoms. The normalized spacial score (nSPS) is 26.5. The molecule has 2 saturated heterocycles. The molecule has 3 amide bonds. The second-order valence-corrected chi connectivity index (χ2v) is 6.50. The first-order chi connectivity index (χ1) is 12.5. The van der Waals surface area contributed by atoms with Crippen molar-refractivity contribution >= 4 is 23.7 Å². The Kier molecular flexibility index (Phi) is 3.97. The molecule has 2 atom stereocenters. The number of hydrogen-bond acceptors (Lipinski definition) is 7. The number of carboxylic acid groups (broad SMARTS) is 1. The number of carbonyl (C=O) groups is 4. The van der Waals surface area contributed by atoms with Gasteiger partial charge in [0.15, 0.2) is 0 Å². The summed E-state index contributed by atoms with van der Waals surface area (Å²) in [5, 5.41) is 17.0. The molecule has 0 radical (unpaired) electrons. The maximum atomic E-state index is 13.1. The van der Waals surface area contributed by atoms with E-state index in [4.69, 9.17) is 0 Å². The summed E-state index contributed by atoms with van der Waals surface area (Å²) in [4.78, 5) is 50.9. The lowest BCUT2D eigenvalue weighted by Gasteiger charge is -2.45. The lowest BCUT2D eigenvalue weighted by molar-refractivity contribution is -0.316. The summed E-state index contributed by atoms with van der Waals surface area (Å²) >= 11 is 0. The van der Waals surface area contributed by atoms with Gasteiger partial charge in [0.2, 0.25) is 0 Å². The minimum atomic E-state index is -1.42. The molecule has 9 nitrogen and oxygen atoms in total. The summed E-state index contributed by atoms with van der Waals surface area (Å²) in [5.74, 6) is -3.06. The van der Waals surface area contributed by atoms with Crippen LogP contribution in [0.3, 0.4) is 0 Å². The van der Waals surface area contributed by atoms with E-state index in [0.717, 1.165) is 9.91 Å². The summed E-state index contributed by atoms with van der Waals surface area (Å²) in [6, 6.07) is 5.38. The van der Waals surface area contributed by atoms with Crippen LogP contribution in [0, 0.1) is 0 Å². The van der Waals surface area contributed by atoms with Gasteiger partial charge >= 0.3 is 0 Å². The van der Waals surface area contributed by atoms with Gasteiger partial charge in [-0.2, -0.15) is 0 Å². The van der Waals surface area contributed by atoms with E-state index >= 15 is 0 Å². The minimum Gasteiger partial charge on any atom is -0.546 e. The number of aliphatic carboxylic acids is 1. The highest BCUT2D eigenvalue weighted by molar-refractivity contribution is 6.22. The molecule has 2 unspecified atom stereocenters. The molecule has 0 saturated carbocycles. The highest BCUT2D eigenvalue weighted by Gasteiger charge is 2.48. The zero-order valence-corrected chi connectivity index (χ0v) is 13.9. The largest absolute Gasteiger partial charge is 0.546 e. The van der Waals surface area contributed by atoms with Crippen molar-refractivity contribution in [3.8, 4) is 0 Å². The third-order valence-electron chi connectivity index (χ3n) is 5.01. The van der Waals surface area contributed by atoms with Crippen LogP contribution in [-0.2, 0) is 9.59 Å². The fraction of sp³-hybridized carbons (Fsp3) is 0.412. The van der Waals surface area contributed by atoms with E-state index in [2.05, 4.69) is 5.32 Å². The van der Waals surface area contributed by atoms with E-state index in [1.807, 2.05) is 0 Å². The van der Waals surface area contributed by atoms with Crippen molar-refractivity contribution in [1.29, 1.82) is 0 Å². The summed E-state index contributed by atoms with van der Waals surface area (Å²) < 4.78 is 0. The van der Waals surface area contributed by atoms with Gasteiger partial charge in [0.25, 0.3) is 17.7 Å². The first kappa shape index (κ1) is 16.7. The molecule has 1 aromatic rings. The fourth-order valence-corrected chi connectivity index (χ4v) is 3.81. The van der Waals surface area contributed by atoms with Gasteiger partial charge in [0.05, 0.1) is 17.1 Å². The van der Waals surface area contributed by atoms with Crippen molar-refractivity contribution in [1.82, 2.24) is 20.2 Å². The van der Waals surface area contributed by atoms with E-state index in [1.165, 1.54) is 0 Å². The number of rotatable bonds is 2. The Hall–Kier alpha value is -2.78. The number of carbonyl (C=O) groups excluding carboxylic acids is 4. The number of nitrogens with zero attached hydrogens (tertiary/aromatic N) is 3. The molecule has 3 aliphatic rings. The number of benzene rings is 1. The lowest BCUT2D eigenvalue weighted by Crippen LogP contribution is -2.68. The molecule has 0 spiro atoms. The summed E-state index contributed by atoms with van der Waals surface area (Å²) in [7, 11) is 0. The van der Waals surface area contributed by atoms with E-state index < -0.39 is 35.9 Å². The second kappa shape index (κ2) is 6.19. The van der Waals surface area contributed by atoms with Crippen molar-refractivity contribution in [2.24, 2.45) is 0 Å². The third kappa shape index (κ3) is 2.39. The molecule has 0 aromatic heterocycles. The molecular weight excluding hydrogens is 340 g/mol. The van der Waals surface area contributed by atoms with Crippen molar-refractivity contribution in [2.45, 2.75) is 25.0 Å². The molecule has 136 valence electrons. The second-order valence-electron chi connectivity index (χ2n) is 6.50. The molecule has 1 N–H and O–H groups in total. The summed E-state index contributed by atoms with van der Waals surface area (Å²) in [6.45, 7) is 1.31. The quantitative estimate of drug-likeness (QED) is 0.620. The van der Waals surface area contributed by atoms with Gasteiger partial charge in [-0.05, 0) is 31.5 Å². The van der Waals surface area contributed by atoms with Crippen LogP contribution < -0.4 is 10.4 Å². The van der Waals surface area contributed by atoms with Crippen LogP contribution in [0.25, 0.3) is 0 Å². The molecule has 2 fully saturated rings. The van der Waals surface area contributed by atoms with E-state index in [9.17, 15) is 24.3 Å². The van der Waals surface area contributed by atoms with Crippen LogP contribution in [0.1, 0.15) is 33.6 Å². The average molecular weight is 357 g/mol. The van der Waals surface area contributed by atoms with Crippen LogP contribution in [-0.4, -0.2) is 70.5 Å². The van der Waals surface area contributed by atoms with Crippen LogP contribution in [0.5, 0.6) is 0 Å². The number of hydrazine groups is 1. The fourth-order valence-electron chi connectivity index (χ4n) is 3.81. The molecule has 4 rings (SSSR count). The number of carboxylic acids is 1. The Morgan fingerprint density at radius 1 is 1.08 bits per heavy atom. The van der Waals surface area contributed by atoms with Crippen LogP contribution in [0.15, 0.2) is 24.3 Å². The first-order valence-corrected chi connectivity index (χ1v) is 8.50. The van der Waals surface area contributed by atoms with Gasteiger partial charge in [0.1, 0.15) is 12.2 Å². The molecule has 9 heteroatoms. The Bertz CT molecular complexity index is 775. The monoisotopic (exact) mass is 357 g/mol. The Balaban J connectivity index is 1.67. The van der Waals surface area contributed by atoms with Gasteiger partial charge in [0, 0.05) is 13.1 Å². The smallest absolute Gasteiger partial charge is 0.262 e. The van der Waals surface area contributed by atoms with Crippen LogP contribution in [0.4, 0.5) is 0 Å². The molecule has 0 bridgehead atoms. The lowest BCUT2D eigenvalue weighted by atomic mass is 10.1. The average Bonchev–Trinajstić information content (AvgIpc) is 2.79. The highest BCUT2D eigenvalue weighted by Crippen LogP contribution is 2.29. The van der Waals surface area contributed by atoms with E-state index in [0.29, 0.717) is 26.1 Å². The van der Waals surface area contributed by atoms with Crippen molar-refractivity contribution in [3.05, 3.63) is 35.4 Å². The van der Waals surface area contributed by atoms with Crippen LogP contribution >= 0.6 is 0 Å². The maximum absolute atomic E-state index is 13.1. The number of fused-ring (bicyclic) bond motifs is 2. The zero-order chi connectivity index (χ0) is 18.4. The topological polar surface area (TPSA) is 113 Å². The Morgan fingerprint density at radius 3 is 2.35 bits per heavy atom. The van der Waals surface area contributed by atoms with Gasteiger partial charge in [-0.15, -0.1) is 0 Å². The third-order valence-corrected chi connectivity index (χ3v) is 5.01. The maximum Gasteiger partial charge on any atom is 0.262 e. The number of hydrogen-bond donors (Lipinski definition) is 1. The van der Waals surface area contributed by atoms with Gasteiger partial charge in [-0.1, -0.05) is 12.1 Å². The standard InChI is InChI=1S/C17H18N4O5/c22-14-10-4-1-2-5-11(10)15(23)20(14)12-6-9-19-8-3-7-18-13(17(25)26)21(19)16(12)24/h1-2,4-5,12-13,18H,3,6-9H2,(H,25,26)/p-1. The van der Waals surface area contributed by atoms with Gasteiger partial charge < -0.3 is 9.90 Å². The minimum absolute atomic E-state index is 0.262. The molecular formula is C17H17N4O5-. The Morgan fingerprint density at radius 2 is 1.73 bits per heavy atom. The SMILES string of the molecule is O=C([O-])C1NCCCN2CCC(N3C(=O)c4ccccc4C3=O)C(=O)N12. The predicted octanol–water partition coefficient (Wildman–Crippen LogP) is -1.83. The predicted molar refractivity (Wildman–Crippen MR) is 85.2 cm³/mol. The highest BCUT2D eigenvalue weighted by atomic mass is 16.4. The van der Waals surface area contributed by atoms with E-state index in [1.54, 1.807) is 29.3 Å². The molecule has 3 aliphatic heterocycles. The van der Waals surface area contributed by atoms with Gasteiger partial charge in [-0.3, -0.25) is 29.6 Å². The molecule has 1 aromatic carbocycles. The summed E-state index contributed by atoms with van der Waals surface area (Å²) in [6.07, 6.45) is -0.380. The van der Waals surface area contributed by atoms with Crippen molar-refractivity contribution < 1.29 is 24.3 Å².